The largest absolute Gasteiger partial charge is 0.356 e. The molecule has 1 saturated heterocycles. The van der Waals surface area contributed by atoms with Crippen molar-refractivity contribution >= 4 is 22.8 Å². The molecule has 0 saturated carbocycles. The summed E-state index contributed by atoms with van der Waals surface area (Å²) in [6.45, 7) is 0.877. The van der Waals surface area contributed by atoms with E-state index in [4.69, 9.17) is 0 Å². The molecule has 6 nitrogen and oxygen atoms in total. The third kappa shape index (κ3) is 3.02. The lowest BCUT2D eigenvalue weighted by molar-refractivity contribution is -0.137. The van der Waals surface area contributed by atoms with Crippen LogP contribution >= 0.6 is 0 Å². The van der Waals surface area contributed by atoms with Gasteiger partial charge in [-0.25, -0.2) is 8.78 Å². The third-order valence-electron chi connectivity index (χ3n) is 6.81. The Morgan fingerprint density at radius 1 is 0.971 bits per heavy atom. The Balaban J connectivity index is 1.40. The first-order valence-electron chi connectivity index (χ1n) is 11.0. The quantitative estimate of drug-likeness (QED) is 0.500. The molecule has 170 valence electrons. The Bertz CT molecular complexity index is 1420. The van der Waals surface area contributed by atoms with Gasteiger partial charge in [0.25, 0.3) is 11.8 Å². The fourth-order valence-corrected chi connectivity index (χ4v) is 5.22. The Labute approximate surface area is 193 Å². The Kier molecular flexibility index (Phi) is 4.52. The molecule has 1 N–H and O–H groups in total. The fraction of sp³-hybridized carbons (Fsp3) is 0.192. The Hall–Kier alpha value is -4.07. The van der Waals surface area contributed by atoms with Crippen LogP contribution in [0.3, 0.4) is 0 Å². The normalized spacial score (nSPS) is 19.6. The third-order valence-corrected chi connectivity index (χ3v) is 6.81. The van der Waals surface area contributed by atoms with Crippen LogP contribution in [0.5, 0.6) is 0 Å². The number of aromatic amines is 1. The highest BCUT2D eigenvalue weighted by molar-refractivity contribution is 6.07. The molecule has 2 amide bonds. The van der Waals surface area contributed by atoms with Crippen molar-refractivity contribution in [3.63, 3.8) is 0 Å². The van der Waals surface area contributed by atoms with E-state index in [1.165, 1.54) is 24.3 Å². The molecule has 6 rings (SSSR count). The fourth-order valence-electron chi connectivity index (χ4n) is 5.22. The highest BCUT2D eigenvalue weighted by atomic mass is 19.1. The smallest absolute Gasteiger partial charge is 0.255 e. The number of nitrogens with zero attached hydrogens (tertiary/aromatic N) is 3. The molecule has 2 aromatic heterocycles. The number of likely N-dealkylation sites (tertiary alicyclic amines) is 1. The van der Waals surface area contributed by atoms with Crippen molar-refractivity contribution < 1.29 is 18.4 Å². The van der Waals surface area contributed by atoms with E-state index >= 15 is 0 Å². The number of amides is 2. The van der Waals surface area contributed by atoms with Gasteiger partial charge in [-0.1, -0.05) is 18.2 Å². The van der Waals surface area contributed by atoms with Gasteiger partial charge in [-0.3, -0.25) is 14.6 Å². The van der Waals surface area contributed by atoms with Crippen molar-refractivity contribution in [2.24, 2.45) is 0 Å². The summed E-state index contributed by atoms with van der Waals surface area (Å²) in [5.74, 6) is -1.46. The number of hydrogen-bond donors (Lipinski definition) is 1. The maximum absolute atomic E-state index is 14.1. The maximum atomic E-state index is 14.1. The SMILES string of the molecule is O=C1c2cc(F)ccc2[C@]2(CCN(Cc3ccc(F)cc3)C2=O)N1Cc1cc2ncccc2[nH]1. The minimum absolute atomic E-state index is 0.154. The van der Waals surface area contributed by atoms with Gasteiger partial charge < -0.3 is 14.8 Å². The monoisotopic (exact) mass is 458 g/mol. The van der Waals surface area contributed by atoms with Crippen LogP contribution in [-0.2, 0) is 23.4 Å². The van der Waals surface area contributed by atoms with Crippen molar-refractivity contribution in [1.29, 1.82) is 0 Å². The highest BCUT2D eigenvalue weighted by Crippen LogP contribution is 2.47. The zero-order chi connectivity index (χ0) is 23.4. The Morgan fingerprint density at radius 2 is 1.76 bits per heavy atom. The molecule has 1 spiro atoms. The molecule has 0 aliphatic carbocycles. The first kappa shape index (κ1) is 20.5. The van der Waals surface area contributed by atoms with Crippen molar-refractivity contribution in [2.75, 3.05) is 6.54 Å². The van der Waals surface area contributed by atoms with E-state index in [9.17, 15) is 18.4 Å². The molecule has 0 unspecified atom stereocenters. The molecule has 2 aliphatic rings. The van der Waals surface area contributed by atoms with Gasteiger partial charge in [0.05, 0.1) is 17.6 Å². The van der Waals surface area contributed by atoms with Gasteiger partial charge in [0, 0.05) is 42.5 Å². The molecule has 0 radical (unpaired) electrons. The molecule has 2 aromatic carbocycles. The predicted molar refractivity (Wildman–Crippen MR) is 120 cm³/mol. The minimum atomic E-state index is -1.22. The van der Waals surface area contributed by atoms with Crippen molar-refractivity contribution in [3.05, 3.63) is 101 Å². The number of pyridine rings is 1. The van der Waals surface area contributed by atoms with Crippen LogP contribution in [0.15, 0.2) is 66.9 Å². The summed E-state index contributed by atoms with van der Waals surface area (Å²) in [5, 5.41) is 0. The Morgan fingerprint density at radius 3 is 2.56 bits per heavy atom. The second-order valence-electron chi connectivity index (χ2n) is 8.78. The van der Waals surface area contributed by atoms with Crippen LogP contribution in [0.1, 0.15) is 33.6 Å². The second kappa shape index (κ2) is 7.48. The highest BCUT2D eigenvalue weighted by Gasteiger charge is 2.59. The van der Waals surface area contributed by atoms with Gasteiger partial charge >= 0.3 is 0 Å². The molecule has 8 heteroatoms. The molecule has 4 heterocycles. The summed E-state index contributed by atoms with van der Waals surface area (Å²) in [6.07, 6.45) is 2.07. The van der Waals surface area contributed by atoms with Crippen molar-refractivity contribution in [3.8, 4) is 0 Å². The number of aromatic nitrogens is 2. The summed E-state index contributed by atoms with van der Waals surface area (Å²) in [6, 6.07) is 15.6. The maximum Gasteiger partial charge on any atom is 0.255 e. The molecule has 1 fully saturated rings. The van der Waals surface area contributed by atoms with Gasteiger partial charge in [-0.2, -0.15) is 0 Å². The second-order valence-corrected chi connectivity index (χ2v) is 8.78. The summed E-state index contributed by atoms with van der Waals surface area (Å²) >= 11 is 0. The summed E-state index contributed by atoms with van der Waals surface area (Å²) in [4.78, 5) is 38.2. The van der Waals surface area contributed by atoms with Gasteiger partial charge in [0.2, 0.25) is 0 Å². The van der Waals surface area contributed by atoms with Gasteiger partial charge in [-0.15, -0.1) is 0 Å². The lowest BCUT2D eigenvalue weighted by Crippen LogP contribution is -2.49. The van der Waals surface area contributed by atoms with Crippen LogP contribution in [-0.4, -0.2) is 38.1 Å². The molecule has 4 aromatic rings. The predicted octanol–water partition coefficient (Wildman–Crippen LogP) is 4.12. The van der Waals surface area contributed by atoms with E-state index in [-0.39, 0.29) is 29.7 Å². The summed E-state index contributed by atoms with van der Waals surface area (Å²) in [5.41, 5.74) is 2.65. The molecular formula is C26H20F2N4O2. The average Bonchev–Trinajstić information content (AvgIpc) is 3.46. The zero-order valence-corrected chi connectivity index (χ0v) is 18.1. The molecular weight excluding hydrogens is 438 g/mol. The number of H-pyrrole nitrogens is 1. The van der Waals surface area contributed by atoms with E-state index in [0.29, 0.717) is 25.1 Å². The lowest BCUT2D eigenvalue weighted by atomic mass is 9.87. The van der Waals surface area contributed by atoms with Crippen LogP contribution in [0.4, 0.5) is 8.78 Å². The topological polar surface area (TPSA) is 69.3 Å². The number of rotatable bonds is 4. The number of benzene rings is 2. The number of fused-ring (bicyclic) bond motifs is 3. The number of carbonyl (C=O) groups excluding carboxylic acids is 2. The molecule has 1 atom stereocenters. The molecule has 34 heavy (non-hydrogen) atoms. The van der Waals surface area contributed by atoms with Gasteiger partial charge in [-0.05, 0) is 48.0 Å². The summed E-state index contributed by atoms with van der Waals surface area (Å²) < 4.78 is 27.4. The van der Waals surface area contributed by atoms with E-state index in [1.807, 2.05) is 18.2 Å². The molecule has 0 bridgehead atoms. The molecule has 2 aliphatic heterocycles. The lowest BCUT2D eigenvalue weighted by Gasteiger charge is -2.34. The van der Waals surface area contributed by atoms with E-state index in [2.05, 4.69) is 9.97 Å². The number of hydrogen-bond acceptors (Lipinski definition) is 3. The number of nitrogens with one attached hydrogen (secondary N) is 1. The minimum Gasteiger partial charge on any atom is -0.356 e. The van der Waals surface area contributed by atoms with E-state index < -0.39 is 11.4 Å². The van der Waals surface area contributed by atoms with Crippen LogP contribution in [0.2, 0.25) is 0 Å². The van der Waals surface area contributed by atoms with E-state index in [0.717, 1.165) is 22.3 Å². The van der Waals surface area contributed by atoms with Gasteiger partial charge in [0.1, 0.15) is 17.2 Å². The standard InChI is InChI=1S/C26H20F2N4O2/c27-17-5-3-16(4-6-17)14-31-11-9-26(25(31)34)21-8-7-18(28)12-20(21)24(33)32(26)15-19-13-23-22(30-19)2-1-10-29-23/h1-8,10,12-13,30H,9,11,14-15H2/t26-/m0/s1. The van der Waals surface area contributed by atoms with Crippen LogP contribution in [0, 0.1) is 11.6 Å². The van der Waals surface area contributed by atoms with Gasteiger partial charge in [0.15, 0.2) is 0 Å². The van der Waals surface area contributed by atoms with Crippen LogP contribution in [0.25, 0.3) is 11.0 Å². The summed E-state index contributed by atoms with van der Waals surface area (Å²) in [7, 11) is 0. The van der Waals surface area contributed by atoms with Crippen molar-refractivity contribution in [2.45, 2.75) is 25.0 Å². The first-order chi connectivity index (χ1) is 16.5. The first-order valence-corrected chi connectivity index (χ1v) is 11.0. The van der Waals surface area contributed by atoms with Crippen LogP contribution < -0.4 is 0 Å². The number of carbonyl (C=O) groups is 2. The van der Waals surface area contributed by atoms with E-state index in [1.54, 1.807) is 34.2 Å². The zero-order valence-electron chi connectivity index (χ0n) is 18.1. The van der Waals surface area contributed by atoms with Crippen molar-refractivity contribution in [1.82, 2.24) is 19.8 Å². The average molecular weight is 458 g/mol. The number of halogens is 2.